The van der Waals surface area contributed by atoms with Crippen molar-refractivity contribution in [3.8, 4) is 11.5 Å². The van der Waals surface area contributed by atoms with Gasteiger partial charge in [-0.2, -0.15) is 0 Å². The first kappa shape index (κ1) is 18.6. The molecule has 0 aliphatic carbocycles. The minimum absolute atomic E-state index is 0.114. The first-order chi connectivity index (χ1) is 13.7. The van der Waals surface area contributed by atoms with E-state index in [1.807, 2.05) is 12.1 Å². The van der Waals surface area contributed by atoms with E-state index in [-0.39, 0.29) is 6.04 Å². The van der Waals surface area contributed by atoms with Crippen molar-refractivity contribution in [3.05, 3.63) is 83.2 Å². The summed E-state index contributed by atoms with van der Waals surface area (Å²) < 4.78 is 13.7. The zero-order chi connectivity index (χ0) is 19.5. The molecular weight excluding hydrogens is 348 g/mol. The van der Waals surface area contributed by atoms with Crippen LogP contribution in [0.15, 0.2) is 60.8 Å². The van der Waals surface area contributed by atoms with Crippen LogP contribution >= 0.6 is 0 Å². The lowest BCUT2D eigenvalue weighted by molar-refractivity contribution is 0.216. The predicted octanol–water partition coefficient (Wildman–Crippen LogP) is 4.81. The third kappa shape index (κ3) is 3.65. The highest BCUT2D eigenvalue weighted by Crippen LogP contribution is 2.39. The van der Waals surface area contributed by atoms with Crippen LogP contribution in [0.2, 0.25) is 0 Å². The zero-order valence-electron chi connectivity index (χ0n) is 16.9. The van der Waals surface area contributed by atoms with Gasteiger partial charge in [0.15, 0.2) is 0 Å². The quantitative estimate of drug-likeness (QED) is 0.639. The Morgan fingerprint density at radius 3 is 2.64 bits per heavy atom. The molecule has 0 saturated heterocycles. The Balaban J connectivity index is 1.81. The van der Waals surface area contributed by atoms with Crippen LogP contribution in [-0.4, -0.2) is 30.2 Å². The van der Waals surface area contributed by atoms with Gasteiger partial charge in [-0.1, -0.05) is 29.8 Å². The van der Waals surface area contributed by atoms with Gasteiger partial charge in [-0.05, 0) is 49.2 Å². The maximum Gasteiger partial charge on any atom is 0.124 e. The van der Waals surface area contributed by atoms with Crippen molar-refractivity contribution in [1.29, 1.82) is 0 Å². The highest BCUT2D eigenvalue weighted by Gasteiger charge is 2.30. The molecule has 0 spiro atoms. The van der Waals surface area contributed by atoms with Crippen molar-refractivity contribution in [1.82, 2.24) is 9.47 Å². The molecule has 0 amide bonds. The van der Waals surface area contributed by atoms with Gasteiger partial charge in [0.25, 0.3) is 0 Å². The Labute approximate surface area is 167 Å². The summed E-state index contributed by atoms with van der Waals surface area (Å²) in [6.45, 7) is 5.12. The molecule has 4 nitrogen and oxygen atoms in total. The summed E-state index contributed by atoms with van der Waals surface area (Å²) in [5.41, 5.74) is 5.09. The van der Waals surface area contributed by atoms with Gasteiger partial charge in [-0.25, -0.2) is 0 Å². The molecule has 4 heteroatoms. The molecule has 2 heterocycles. The Morgan fingerprint density at radius 2 is 1.86 bits per heavy atom. The summed E-state index contributed by atoms with van der Waals surface area (Å²) in [6.07, 6.45) is 3.31. The molecule has 0 N–H and O–H groups in total. The second kappa shape index (κ2) is 8.11. The highest BCUT2D eigenvalue weighted by molar-refractivity contribution is 5.45. The molecule has 0 radical (unpaired) electrons. The Hall–Kier alpha value is -2.72. The van der Waals surface area contributed by atoms with Gasteiger partial charge in [0.2, 0.25) is 0 Å². The van der Waals surface area contributed by atoms with Gasteiger partial charge < -0.3 is 14.0 Å². The summed E-state index contributed by atoms with van der Waals surface area (Å²) in [7, 11) is 3.46. The number of fused-ring (bicyclic) bond motifs is 1. The van der Waals surface area contributed by atoms with Crippen molar-refractivity contribution in [2.45, 2.75) is 32.5 Å². The fourth-order valence-corrected chi connectivity index (χ4v) is 4.26. The zero-order valence-corrected chi connectivity index (χ0v) is 16.9. The lowest BCUT2D eigenvalue weighted by atomic mass is 9.99. The minimum Gasteiger partial charge on any atom is -0.497 e. The van der Waals surface area contributed by atoms with Crippen molar-refractivity contribution in [2.24, 2.45) is 0 Å². The first-order valence-corrected chi connectivity index (χ1v) is 9.86. The molecule has 146 valence electrons. The van der Waals surface area contributed by atoms with Crippen LogP contribution in [-0.2, 0) is 13.1 Å². The number of hydrogen-bond acceptors (Lipinski definition) is 3. The number of aryl methyl sites for hydroxylation is 2. The van der Waals surface area contributed by atoms with E-state index in [1.165, 1.54) is 16.8 Å². The molecule has 28 heavy (non-hydrogen) atoms. The molecule has 0 saturated carbocycles. The number of ether oxygens (including phenoxy) is 2. The van der Waals surface area contributed by atoms with Crippen LogP contribution in [0.3, 0.4) is 0 Å². The molecule has 1 aliphatic rings. The van der Waals surface area contributed by atoms with Crippen molar-refractivity contribution >= 4 is 0 Å². The maximum atomic E-state index is 5.76. The summed E-state index contributed by atoms with van der Waals surface area (Å²) in [5, 5.41) is 0. The molecule has 4 rings (SSSR count). The number of methoxy groups -OCH3 is 2. The van der Waals surface area contributed by atoms with Gasteiger partial charge >= 0.3 is 0 Å². The van der Waals surface area contributed by atoms with E-state index < -0.39 is 0 Å². The van der Waals surface area contributed by atoms with Crippen LogP contribution in [0.5, 0.6) is 11.5 Å². The molecule has 2 aromatic carbocycles. The average molecular weight is 377 g/mol. The minimum atomic E-state index is 0.114. The van der Waals surface area contributed by atoms with Crippen molar-refractivity contribution < 1.29 is 9.47 Å². The number of benzene rings is 2. The highest BCUT2D eigenvalue weighted by atomic mass is 16.5. The molecule has 1 unspecified atom stereocenters. The summed E-state index contributed by atoms with van der Waals surface area (Å²) in [5.74, 6) is 1.75. The van der Waals surface area contributed by atoms with E-state index in [0.717, 1.165) is 43.1 Å². The molecule has 0 bridgehead atoms. The van der Waals surface area contributed by atoms with Crippen LogP contribution < -0.4 is 9.47 Å². The normalized spacial score (nSPS) is 17.0. The molecule has 0 fully saturated rings. The number of nitrogens with zero attached hydrogens (tertiary/aromatic N) is 2. The van der Waals surface area contributed by atoms with Gasteiger partial charge in [-0.15, -0.1) is 0 Å². The smallest absolute Gasteiger partial charge is 0.124 e. The van der Waals surface area contributed by atoms with Crippen LogP contribution in [0, 0.1) is 6.92 Å². The number of aromatic nitrogens is 1. The standard InChI is InChI=1S/C24H28N2O2/c1-18-7-4-8-19(15-18)17-26-14-6-13-25-12-5-9-22(25)24(26)21-16-20(27-2)10-11-23(21)28-3/h4-5,7-12,15-16,24H,6,13-14,17H2,1-3H3. The molecule has 1 aromatic heterocycles. The van der Waals surface area contributed by atoms with Crippen LogP contribution in [0.4, 0.5) is 0 Å². The van der Waals surface area contributed by atoms with Crippen LogP contribution in [0.25, 0.3) is 0 Å². The van der Waals surface area contributed by atoms with E-state index in [1.54, 1.807) is 14.2 Å². The number of hydrogen-bond donors (Lipinski definition) is 0. The van der Waals surface area contributed by atoms with Gasteiger partial charge in [-0.3, -0.25) is 4.90 Å². The lowest BCUT2D eigenvalue weighted by Gasteiger charge is -2.32. The fraction of sp³-hybridized carbons (Fsp3) is 0.333. The maximum absolute atomic E-state index is 5.76. The van der Waals surface area contributed by atoms with Gasteiger partial charge in [0.1, 0.15) is 11.5 Å². The summed E-state index contributed by atoms with van der Waals surface area (Å²) in [4.78, 5) is 2.56. The Bertz CT molecular complexity index is 947. The molecule has 3 aromatic rings. The van der Waals surface area contributed by atoms with E-state index in [2.05, 4.69) is 65.1 Å². The van der Waals surface area contributed by atoms with E-state index >= 15 is 0 Å². The van der Waals surface area contributed by atoms with Gasteiger partial charge in [0, 0.05) is 37.1 Å². The van der Waals surface area contributed by atoms with E-state index in [9.17, 15) is 0 Å². The second-order valence-electron chi connectivity index (χ2n) is 7.45. The van der Waals surface area contributed by atoms with Crippen molar-refractivity contribution in [3.63, 3.8) is 0 Å². The Morgan fingerprint density at radius 1 is 0.964 bits per heavy atom. The topological polar surface area (TPSA) is 26.6 Å². The Kier molecular flexibility index (Phi) is 5.40. The van der Waals surface area contributed by atoms with E-state index in [0.29, 0.717) is 0 Å². The van der Waals surface area contributed by atoms with Gasteiger partial charge in [0.05, 0.1) is 20.3 Å². The SMILES string of the molecule is COc1ccc(OC)c(C2c3cccn3CCCN2Cc2cccc(C)c2)c1. The average Bonchev–Trinajstić information content (AvgIpc) is 3.09. The molecule has 1 atom stereocenters. The predicted molar refractivity (Wildman–Crippen MR) is 112 cm³/mol. The molecule has 1 aliphatic heterocycles. The van der Waals surface area contributed by atoms with Crippen LogP contribution in [0.1, 0.15) is 34.8 Å². The third-order valence-electron chi connectivity index (χ3n) is 5.55. The first-order valence-electron chi connectivity index (χ1n) is 9.86. The third-order valence-corrected chi connectivity index (χ3v) is 5.55. The van der Waals surface area contributed by atoms with Crippen molar-refractivity contribution in [2.75, 3.05) is 20.8 Å². The summed E-state index contributed by atoms with van der Waals surface area (Å²) >= 11 is 0. The number of rotatable bonds is 5. The monoisotopic (exact) mass is 376 g/mol. The molecular formula is C24H28N2O2. The second-order valence-corrected chi connectivity index (χ2v) is 7.45. The van der Waals surface area contributed by atoms with E-state index in [4.69, 9.17) is 9.47 Å². The largest absolute Gasteiger partial charge is 0.497 e. The summed E-state index contributed by atoms with van der Waals surface area (Å²) in [6, 6.07) is 19.4. The lowest BCUT2D eigenvalue weighted by Crippen LogP contribution is -2.29. The fourth-order valence-electron chi connectivity index (χ4n) is 4.26.